The topological polar surface area (TPSA) is 99.7 Å². The van der Waals surface area contributed by atoms with Gasteiger partial charge in [0, 0.05) is 22.8 Å². The number of carbonyl (C=O) groups is 1. The van der Waals surface area contributed by atoms with Gasteiger partial charge in [-0.05, 0) is 73.7 Å². The quantitative estimate of drug-likeness (QED) is 0.253. The molecule has 6 nitrogen and oxygen atoms in total. The fourth-order valence-corrected chi connectivity index (χ4v) is 4.61. The average Bonchev–Trinajstić information content (AvgIpc) is 2.84. The number of aliphatic imine (C=N–C) groups is 1. The number of aliphatic hydroxyl groups is 1. The Kier molecular flexibility index (Phi) is 10.1. The highest BCUT2D eigenvalue weighted by Gasteiger charge is 2.27. The molecule has 3 rings (SSSR count). The minimum Gasteiger partial charge on any atom is -0.390 e. The first-order valence-electron chi connectivity index (χ1n) is 11.8. The highest BCUT2D eigenvalue weighted by atomic mass is 79.9. The third-order valence-electron chi connectivity index (χ3n) is 6.22. The van der Waals surface area contributed by atoms with Crippen LogP contribution >= 0.6 is 15.9 Å². The number of rotatable bonds is 9. The molecule has 0 saturated heterocycles. The molecule has 0 radical (unpaired) electrons. The molecule has 0 heterocycles. The van der Waals surface area contributed by atoms with Crippen LogP contribution in [0.4, 0.5) is 13.2 Å². The maximum atomic E-state index is 14.9. The lowest BCUT2D eigenvalue weighted by Gasteiger charge is -2.26. The van der Waals surface area contributed by atoms with Crippen molar-refractivity contribution >= 4 is 33.2 Å². The van der Waals surface area contributed by atoms with Crippen LogP contribution in [0.25, 0.3) is 5.57 Å². The van der Waals surface area contributed by atoms with E-state index in [1.54, 1.807) is 19.2 Å². The summed E-state index contributed by atoms with van der Waals surface area (Å²) in [6.07, 6.45) is 2.25. The lowest BCUT2D eigenvalue weighted by Crippen LogP contribution is -2.35. The minimum atomic E-state index is -1.26. The molecule has 10 heteroatoms. The van der Waals surface area contributed by atoms with E-state index in [0.29, 0.717) is 35.0 Å². The van der Waals surface area contributed by atoms with Crippen LogP contribution < -0.4 is 16.4 Å². The van der Waals surface area contributed by atoms with E-state index in [1.165, 1.54) is 30.5 Å². The van der Waals surface area contributed by atoms with Crippen molar-refractivity contribution in [1.82, 2.24) is 10.6 Å². The molecule has 0 aromatic heterocycles. The van der Waals surface area contributed by atoms with E-state index in [-0.39, 0.29) is 29.3 Å². The van der Waals surface area contributed by atoms with Crippen LogP contribution in [0.3, 0.4) is 0 Å². The fourth-order valence-electron chi connectivity index (χ4n) is 4.13. The number of hydrogen-bond donors (Lipinski definition) is 4. The molecular formula is C27H30BrF3N4O2. The molecule has 198 valence electrons. The van der Waals surface area contributed by atoms with Gasteiger partial charge >= 0.3 is 0 Å². The van der Waals surface area contributed by atoms with Gasteiger partial charge in [-0.2, -0.15) is 0 Å². The van der Waals surface area contributed by atoms with Crippen LogP contribution in [0, 0.1) is 17.6 Å². The SMILES string of the molecule is C=C(C(N)=NC=C[C@H]1CC[C@H](O)[C@@H](F)C1)c1ccc(C(=O)N[C@H](CNC)c2cc(F)cc(Br)c2)c(F)c1. The predicted molar refractivity (Wildman–Crippen MR) is 143 cm³/mol. The Bertz CT molecular complexity index is 1180. The standard InChI is InChI=1S/C27H30BrF3N4O2/c1-15(26(32)34-8-7-16-3-6-25(36)23(31)9-16)17-4-5-21(22(30)12-17)27(37)35-24(14-33-2)18-10-19(28)13-20(29)11-18/h4-5,7-8,10-13,16,23-25,33,36H,1,3,6,9,14H2,2H3,(H2,32,34)(H,35,37)/t16-,23+,24-,25+/m1/s1. The molecule has 0 bridgehead atoms. The predicted octanol–water partition coefficient (Wildman–Crippen LogP) is 4.80. The lowest BCUT2D eigenvalue weighted by atomic mass is 9.86. The first-order chi connectivity index (χ1) is 17.6. The number of allylic oxidation sites excluding steroid dienone is 1. The number of aliphatic hydroxyl groups excluding tert-OH is 1. The van der Waals surface area contributed by atoms with Gasteiger partial charge in [-0.15, -0.1) is 0 Å². The Morgan fingerprint density at radius 3 is 2.70 bits per heavy atom. The number of nitrogens with two attached hydrogens (primary N) is 1. The summed E-state index contributed by atoms with van der Waals surface area (Å²) >= 11 is 3.24. The van der Waals surface area contributed by atoms with E-state index < -0.39 is 35.9 Å². The van der Waals surface area contributed by atoms with Crippen molar-refractivity contribution in [3.8, 4) is 0 Å². The summed E-state index contributed by atoms with van der Waals surface area (Å²) in [5.41, 5.74) is 6.92. The molecule has 0 spiro atoms. The van der Waals surface area contributed by atoms with Gasteiger partial charge in [-0.3, -0.25) is 4.79 Å². The summed E-state index contributed by atoms with van der Waals surface area (Å²) in [5, 5.41) is 15.2. The van der Waals surface area contributed by atoms with E-state index in [9.17, 15) is 23.1 Å². The molecule has 2 aromatic carbocycles. The van der Waals surface area contributed by atoms with E-state index in [2.05, 4.69) is 38.1 Å². The Balaban J connectivity index is 1.69. The first kappa shape index (κ1) is 28.6. The maximum Gasteiger partial charge on any atom is 0.254 e. The summed E-state index contributed by atoms with van der Waals surface area (Å²) in [5.74, 6) is -1.92. The second kappa shape index (κ2) is 13.0. The van der Waals surface area contributed by atoms with Crippen LogP contribution in [0.5, 0.6) is 0 Å². The van der Waals surface area contributed by atoms with Crippen molar-refractivity contribution in [2.45, 2.75) is 37.6 Å². The second-order valence-electron chi connectivity index (χ2n) is 8.97. The van der Waals surface area contributed by atoms with Crippen LogP contribution in [0.15, 0.2) is 64.7 Å². The van der Waals surface area contributed by atoms with Gasteiger partial charge in [0.25, 0.3) is 5.91 Å². The van der Waals surface area contributed by atoms with Gasteiger partial charge in [0.15, 0.2) is 0 Å². The summed E-state index contributed by atoms with van der Waals surface area (Å²) in [7, 11) is 1.69. The van der Waals surface area contributed by atoms with Crippen molar-refractivity contribution in [2.75, 3.05) is 13.6 Å². The highest BCUT2D eigenvalue weighted by Crippen LogP contribution is 2.28. The van der Waals surface area contributed by atoms with Crippen molar-refractivity contribution in [3.63, 3.8) is 0 Å². The lowest BCUT2D eigenvalue weighted by molar-refractivity contribution is 0.0323. The van der Waals surface area contributed by atoms with Gasteiger partial charge in [-0.25, -0.2) is 18.2 Å². The fraction of sp³-hybridized carbons (Fsp3) is 0.333. The number of hydrogen-bond acceptors (Lipinski definition) is 4. The zero-order valence-corrected chi connectivity index (χ0v) is 21.9. The van der Waals surface area contributed by atoms with Crippen molar-refractivity contribution in [2.24, 2.45) is 16.6 Å². The van der Waals surface area contributed by atoms with Gasteiger partial charge in [0.1, 0.15) is 23.6 Å². The van der Waals surface area contributed by atoms with Crippen LogP contribution in [0.1, 0.15) is 46.8 Å². The van der Waals surface area contributed by atoms with Gasteiger partial charge in [-0.1, -0.05) is 34.7 Å². The smallest absolute Gasteiger partial charge is 0.254 e. The molecule has 2 aromatic rings. The van der Waals surface area contributed by atoms with Gasteiger partial charge in [0.05, 0.1) is 17.7 Å². The van der Waals surface area contributed by atoms with E-state index in [1.807, 2.05) is 0 Å². The largest absolute Gasteiger partial charge is 0.390 e. The van der Waals surface area contributed by atoms with Crippen molar-refractivity contribution in [3.05, 3.63) is 88.1 Å². The maximum absolute atomic E-state index is 14.9. The first-order valence-corrected chi connectivity index (χ1v) is 12.6. The van der Waals surface area contributed by atoms with Crippen LogP contribution in [-0.4, -0.2) is 42.7 Å². The zero-order valence-electron chi connectivity index (χ0n) is 20.4. The molecule has 1 amide bonds. The van der Waals surface area contributed by atoms with Crippen LogP contribution in [-0.2, 0) is 0 Å². The molecule has 4 atom stereocenters. The average molecular weight is 579 g/mol. The molecule has 1 fully saturated rings. The summed E-state index contributed by atoms with van der Waals surface area (Å²) < 4.78 is 43.0. The Labute approximate surface area is 222 Å². The molecule has 5 N–H and O–H groups in total. The number of benzene rings is 2. The molecule has 1 saturated carbocycles. The Morgan fingerprint density at radius 1 is 1.30 bits per heavy atom. The second-order valence-corrected chi connectivity index (χ2v) is 9.89. The molecular weight excluding hydrogens is 549 g/mol. The number of alkyl halides is 1. The minimum absolute atomic E-state index is 0.0475. The summed E-state index contributed by atoms with van der Waals surface area (Å²) in [4.78, 5) is 17.0. The van der Waals surface area contributed by atoms with Crippen molar-refractivity contribution < 1.29 is 23.1 Å². The number of likely N-dealkylation sites (N-methyl/N-ethyl adjacent to an activating group) is 1. The van der Waals surface area contributed by atoms with Crippen molar-refractivity contribution in [1.29, 1.82) is 0 Å². The number of carbonyl (C=O) groups excluding carboxylic acids is 1. The number of nitrogens with zero attached hydrogens (tertiary/aromatic N) is 1. The normalized spacial score (nSPS) is 21.1. The van der Waals surface area contributed by atoms with Crippen LogP contribution in [0.2, 0.25) is 0 Å². The number of amides is 1. The van der Waals surface area contributed by atoms with Gasteiger partial charge < -0.3 is 21.5 Å². The van der Waals surface area contributed by atoms with E-state index in [4.69, 9.17) is 5.73 Å². The third-order valence-corrected chi connectivity index (χ3v) is 6.68. The van der Waals surface area contributed by atoms with E-state index in [0.717, 1.165) is 6.07 Å². The molecule has 1 aliphatic carbocycles. The van der Waals surface area contributed by atoms with E-state index >= 15 is 0 Å². The zero-order chi connectivity index (χ0) is 27.1. The third kappa shape index (κ3) is 7.77. The molecule has 0 aliphatic heterocycles. The van der Waals surface area contributed by atoms with Gasteiger partial charge in [0.2, 0.25) is 0 Å². The highest BCUT2D eigenvalue weighted by molar-refractivity contribution is 9.10. The molecule has 37 heavy (non-hydrogen) atoms. The summed E-state index contributed by atoms with van der Waals surface area (Å²) in [6.45, 7) is 4.16. The number of nitrogens with one attached hydrogen (secondary N) is 2. The summed E-state index contributed by atoms with van der Waals surface area (Å²) in [6, 6.07) is 7.66. The Hall–Kier alpha value is -2.95. The number of amidine groups is 1. The Morgan fingerprint density at radius 2 is 2.05 bits per heavy atom. The molecule has 0 unspecified atom stereocenters. The molecule has 1 aliphatic rings. The monoisotopic (exact) mass is 578 g/mol. The number of halogens is 4.